The molecule has 0 aliphatic heterocycles. The highest BCUT2D eigenvalue weighted by Crippen LogP contribution is 2.26. The quantitative estimate of drug-likeness (QED) is 0.823. The number of hydrogen-bond acceptors (Lipinski definition) is 3. The molecule has 23 heavy (non-hydrogen) atoms. The maximum absolute atomic E-state index is 13.8. The molecule has 0 atom stereocenters. The molecule has 7 heteroatoms. The van der Waals surface area contributed by atoms with Gasteiger partial charge in [-0.3, -0.25) is 4.90 Å². The molecule has 0 saturated carbocycles. The largest absolute Gasteiger partial charge is 0.505 e. The van der Waals surface area contributed by atoms with Gasteiger partial charge >= 0.3 is 0 Å². The molecule has 0 spiro atoms. The van der Waals surface area contributed by atoms with Crippen LogP contribution in [0.5, 0.6) is 11.5 Å². The van der Waals surface area contributed by atoms with E-state index in [-0.39, 0.29) is 19.6 Å². The highest BCUT2D eigenvalue weighted by molar-refractivity contribution is 5.33. The van der Waals surface area contributed by atoms with Crippen LogP contribution in [0, 0.1) is 23.3 Å². The minimum atomic E-state index is -1.11. The van der Waals surface area contributed by atoms with E-state index < -0.39 is 45.9 Å². The van der Waals surface area contributed by atoms with Crippen LogP contribution in [0.3, 0.4) is 0 Å². The van der Waals surface area contributed by atoms with E-state index >= 15 is 0 Å². The van der Waals surface area contributed by atoms with Gasteiger partial charge in [-0.15, -0.1) is 0 Å². The molecule has 0 bridgehead atoms. The summed E-state index contributed by atoms with van der Waals surface area (Å²) in [6.07, 6.45) is 0. The number of aromatic hydroxyl groups is 2. The van der Waals surface area contributed by atoms with E-state index in [1.54, 1.807) is 6.92 Å². The second-order valence-electron chi connectivity index (χ2n) is 5.02. The van der Waals surface area contributed by atoms with Crippen molar-refractivity contribution in [3.63, 3.8) is 0 Å². The molecule has 0 fully saturated rings. The first kappa shape index (κ1) is 17.1. The van der Waals surface area contributed by atoms with E-state index in [0.717, 1.165) is 24.3 Å². The fraction of sp³-hybridized carbons (Fsp3) is 0.250. The van der Waals surface area contributed by atoms with Gasteiger partial charge in [-0.2, -0.15) is 0 Å². The van der Waals surface area contributed by atoms with Crippen LogP contribution < -0.4 is 0 Å². The van der Waals surface area contributed by atoms with Crippen molar-refractivity contribution in [3.8, 4) is 11.5 Å². The number of hydrogen-bond donors (Lipinski definition) is 2. The van der Waals surface area contributed by atoms with Crippen LogP contribution in [-0.2, 0) is 13.1 Å². The smallest absolute Gasteiger partial charge is 0.172 e. The topological polar surface area (TPSA) is 43.7 Å². The summed E-state index contributed by atoms with van der Waals surface area (Å²) < 4.78 is 55.1. The highest BCUT2D eigenvalue weighted by atomic mass is 19.1. The maximum atomic E-state index is 13.8. The lowest BCUT2D eigenvalue weighted by Gasteiger charge is -2.22. The molecule has 0 aromatic heterocycles. The summed E-state index contributed by atoms with van der Waals surface area (Å²) in [5.41, 5.74) is -0.791. The molecule has 0 aliphatic rings. The van der Waals surface area contributed by atoms with Gasteiger partial charge in [-0.25, -0.2) is 17.6 Å². The minimum absolute atomic E-state index is 0.239. The highest BCUT2D eigenvalue weighted by Gasteiger charge is 2.20. The predicted molar refractivity (Wildman–Crippen MR) is 75.8 cm³/mol. The zero-order valence-electron chi connectivity index (χ0n) is 12.3. The summed E-state index contributed by atoms with van der Waals surface area (Å²) in [7, 11) is 0. The number of rotatable bonds is 5. The minimum Gasteiger partial charge on any atom is -0.505 e. The van der Waals surface area contributed by atoms with Gasteiger partial charge in [-0.05, 0) is 30.8 Å². The van der Waals surface area contributed by atoms with Crippen LogP contribution in [0.2, 0.25) is 0 Å². The average Bonchev–Trinajstić information content (AvgIpc) is 2.53. The van der Waals surface area contributed by atoms with E-state index in [9.17, 15) is 27.8 Å². The Labute approximate surface area is 130 Å². The molecule has 0 saturated heterocycles. The van der Waals surface area contributed by atoms with E-state index in [0.29, 0.717) is 0 Å². The van der Waals surface area contributed by atoms with Crippen molar-refractivity contribution in [3.05, 3.63) is 58.7 Å². The zero-order valence-corrected chi connectivity index (χ0v) is 12.3. The molecule has 0 amide bonds. The van der Waals surface area contributed by atoms with Gasteiger partial charge in [0.2, 0.25) is 0 Å². The van der Waals surface area contributed by atoms with Crippen LogP contribution in [-0.4, -0.2) is 21.7 Å². The Morgan fingerprint density at radius 3 is 1.52 bits per heavy atom. The fourth-order valence-electron chi connectivity index (χ4n) is 2.19. The predicted octanol–water partition coefficient (Wildman–Crippen LogP) is 3.68. The van der Waals surface area contributed by atoms with Crippen LogP contribution >= 0.6 is 0 Å². The van der Waals surface area contributed by atoms with Crippen LogP contribution in [0.4, 0.5) is 17.6 Å². The first-order chi connectivity index (χ1) is 10.8. The molecule has 3 nitrogen and oxygen atoms in total. The average molecular weight is 329 g/mol. The number of phenols is 2. The second kappa shape index (κ2) is 6.87. The van der Waals surface area contributed by atoms with E-state index in [2.05, 4.69) is 0 Å². The standard InChI is InChI=1S/C16H15F4NO2/c1-2-21(7-9-11(17)3-5-13(22)15(9)19)8-10-12(18)4-6-14(23)16(10)20/h3-6,22-23H,2,7-8H2,1H3. The molecule has 0 aliphatic carbocycles. The van der Waals surface area contributed by atoms with E-state index in [1.807, 2.05) is 0 Å². The molecule has 2 aromatic rings. The lowest BCUT2D eigenvalue weighted by molar-refractivity contribution is 0.252. The third kappa shape index (κ3) is 3.56. The van der Waals surface area contributed by atoms with Gasteiger partial charge < -0.3 is 10.2 Å². The lowest BCUT2D eigenvalue weighted by Crippen LogP contribution is -2.25. The van der Waals surface area contributed by atoms with Crippen molar-refractivity contribution in [1.82, 2.24) is 4.90 Å². The molecule has 0 radical (unpaired) electrons. The molecular formula is C16H15F4NO2. The van der Waals surface area contributed by atoms with Crippen molar-refractivity contribution in [2.75, 3.05) is 6.54 Å². The van der Waals surface area contributed by atoms with Crippen LogP contribution in [0.25, 0.3) is 0 Å². The van der Waals surface area contributed by atoms with Crippen molar-refractivity contribution >= 4 is 0 Å². The van der Waals surface area contributed by atoms with Crippen molar-refractivity contribution in [2.24, 2.45) is 0 Å². The Kier molecular flexibility index (Phi) is 5.10. The Bertz CT molecular complexity index is 662. The normalized spacial score (nSPS) is 11.2. The number of nitrogens with zero attached hydrogens (tertiary/aromatic N) is 1. The summed E-state index contributed by atoms with van der Waals surface area (Å²) in [6, 6.07) is 3.60. The van der Waals surface area contributed by atoms with E-state index in [4.69, 9.17) is 0 Å². The third-order valence-corrected chi connectivity index (χ3v) is 3.54. The third-order valence-electron chi connectivity index (χ3n) is 3.54. The summed E-state index contributed by atoms with van der Waals surface area (Å²) in [4.78, 5) is 1.38. The number of halogens is 4. The summed E-state index contributed by atoms with van der Waals surface area (Å²) >= 11 is 0. The molecule has 0 heterocycles. The zero-order chi connectivity index (χ0) is 17.1. The van der Waals surface area contributed by atoms with Gasteiger partial charge in [-0.1, -0.05) is 6.92 Å². The first-order valence-corrected chi connectivity index (χ1v) is 6.89. The molecule has 2 aromatic carbocycles. The summed E-state index contributed by atoms with van der Waals surface area (Å²) in [6.45, 7) is 1.30. The Morgan fingerprint density at radius 1 is 0.783 bits per heavy atom. The Balaban J connectivity index is 2.29. The first-order valence-electron chi connectivity index (χ1n) is 6.89. The summed E-state index contributed by atoms with van der Waals surface area (Å²) in [5, 5.41) is 18.6. The number of phenolic OH excluding ortho intramolecular Hbond substituents is 2. The maximum Gasteiger partial charge on any atom is 0.172 e. The van der Waals surface area contributed by atoms with Gasteiger partial charge in [0.15, 0.2) is 23.1 Å². The number of benzene rings is 2. The van der Waals surface area contributed by atoms with Gasteiger partial charge in [0.25, 0.3) is 0 Å². The molecule has 124 valence electrons. The molecule has 0 unspecified atom stereocenters. The molecule has 2 N–H and O–H groups in total. The van der Waals surface area contributed by atoms with Gasteiger partial charge in [0, 0.05) is 24.2 Å². The van der Waals surface area contributed by atoms with Gasteiger partial charge in [0.1, 0.15) is 11.6 Å². The van der Waals surface area contributed by atoms with E-state index in [1.165, 1.54) is 4.90 Å². The summed E-state index contributed by atoms with van der Waals surface area (Å²) in [5.74, 6) is -5.36. The van der Waals surface area contributed by atoms with Crippen molar-refractivity contribution in [1.29, 1.82) is 0 Å². The fourth-order valence-corrected chi connectivity index (χ4v) is 2.19. The van der Waals surface area contributed by atoms with Crippen molar-refractivity contribution < 1.29 is 27.8 Å². The Morgan fingerprint density at radius 2 is 1.17 bits per heavy atom. The van der Waals surface area contributed by atoms with Crippen LogP contribution in [0.1, 0.15) is 18.1 Å². The van der Waals surface area contributed by atoms with Crippen LogP contribution in [0.15, 0.2) is 24.3 Å². The SMILES string of the molecule is CCN(Cc1c(F)ccc(O)c1F)Cc1c(F)ccc(O)c1F. The molecular weight excluding hydrogens is 314 g/mol. The Hall–Kier alpha value is -2.28. The monoisotopic (exact) mass is 329 g/mol. The lowest BCUT2D eigenvalue weighted by atomic mass is 10.1. The second-order valence-corrected chi connectivity index (χ2v) is 5.02. The van der Waals surface area contributed by atoms with Gasteiger partial charge in [0.05, 0.1) is 0 Å². The van der Waals surface area contributed by atoms with Crippen molar-refractivity contribution in [2.45, 2.75) is 20.0 Å². The molecule has 2 rings (SSSR count).